The Hall–Kier alpha value is -1.64. The van der Waals surface area contributed by atoms with E-state index in [2.05, 4.69) is 30.3 Å². The minimum absolute atomic E-state index is 0.0111. The number of halogens is 1. The Morgan fingerprint density at radius 2 is 1.83 bits per heavy atom. The smallest absolute Gasteiger partial charge is 0.154 e. The van der Waals surface area contributed by atoms with Crippen molar-refractivity contribution in [1.82, 2.24) is 4.90 Å². The SMILES string of the molecule is CN(C)CC(=O)[C@@H]1CC(c2ccc(Cl)cc2)Cc2ccccc21. The first-order valence-corrected chi connectivity index (χ1v) is 8.43. The van der Waals surface area contributed by atoms with Gasteiger partial charge in [-0.25, -0.2) is 0 Å². The second-order valence-electron chi connectivity index (χ2n) is 6.64. The Morgan fingerprint density at radius 1 is 1.13 bits per heavy atom. The van der Waals surface area contributed by atoms with Gasteiger partial charge in [0.15, 0.2) is 5.78 Å². The molecule has 0 aromatic heterocycles. The Bertz CT molecular complexity index is 693. The van der Waals surface area contributed by atoms with Crippen molar-refractivity contribution in [3.63, 3.8) is 0 Å². The number of nitrogens with zero attached hydrogens (tertiary/aromatic N) is 1. The number of hydrogen-bond acceptors (Lipinski definition) is 2. The van der Waals surface area contributed by atoms with Gasteiger partial charge in [-0.2, -0.15) is 0 Å². The molecule has 0 saturated carbocycles. The van der Waals surface area contributed by atoms with E-state index in [0.717, 1.165) is 17.9 Å². The first-order valence-electron chi connectivity index (χ1n) is 8.05. The number of carbonyl (C=O) groups is 1. The molecular weight excluding hydrogens is 306 g/mol. The monoisotopic (exact) mass is 327 g/mol. The summed E-state index contributed by atoms with van der Waals surface area (Å²) in [5.74, 6) is 0.669. The van der Waals surface area contributed by atoms with E-state index < -0.39 is 0 Å². The second kappa shape index (κ2) is 6.86. The Labute approximate surface area is 143 Å². The first-order chi connectivity index (χ1) is 11.0. The minimum atomic E-state index is -0.0111. The molecule has 1 aliphatic rings. The van der Waals surface area contributed by atoms with Crippen molar-refractivity contribution in [3.05, 3.63) is 70.2 Å². The third kappa shape index (κ3) is 3.65. The molecule has 2 aromatic carbocycles. The average Bonchev–Trinajstić information content (AvgIpc) is 2.54. The van der Waals surface area contributed by atoms with Crippen LogP contribution in [0.3, 0.4) is 0 Å². The molecule has 23 heavy (non-hydrogen) atoms. The fourth-order valence-electron chi connectivity index (χ4n) is 3.54. The summed E-state index contributed by atoms with van der Waals surface area (Å²) in [5, 5.41) is 0.755. The van der Waals surface area contributed by atoms with Crippen LogP contribution in [0.2, 0.25) is 5.02 Å². The van der Waals surface area contributed by atoms with Gasteiger partial charge in [0.25, 0.3) is 0 Å². The molecule has 0 spiro atoms. The molecular formula is C20H22ClNO. The van der Waals surface area contributed by atoms with Crippen LogP contribution >= 0.6 is 11.6 Å². The lowest BCUT2D eigenvalue weighted by Gasteiger charge is -2.31. The first kappa shape index (κ1) is 16.2. The quantitative estimate of drug-likeness (QED) is 0.835. The van der Waals surface area contributed by atoms with Gasteiger partial charge in [-0.1, -0.05) is 48.0 Å². The normalized spacial score (nSPS) is 20.3. The molecule has 0 N–H and O–H groups in total. The van der Waals surface area contributed by atoms with E-state index in [1.807, 2.05) is 37.2 Å². The molecule has 1 unspecified atom stereocenters. The van der Waals surface area contributed by atoms with E-state index in [-0.39, 0.29) is 5.92 Å². The summed E-state index contributed by atoms with van der Waals surface area (Å²) < 4.78 is 0. The van der Waals surface area contributed by atoms with Gasteiger partial charge in [0.05, 0.1) is 6.54 Å². The van der Waals surface area contributed by atoms with Crippen molar-refractivity contribution in [3.8, 4) is 0 Å². The molecule has 0 radical (unpaired) electrons. The van der Waals surface area contributed by atoms with Gasteiger partial charge >= 0.3 is 0 Å². The van der Waals surface area contributed by atoms with Crippen molar-refractivity contribution in [1.29, 1.82) is 0 Å². The van der Waals surface area contributed by atoms with Crippen molar-refractivity contribution < 1.29 is 4.79 Å². The number of hydrogen-bond donors (Lipinski definition) is 0. The topological polar surface area (TPSA) is 20.3 Å². The van der Waals surface area contributed by atoms with Gasteiger partial charge in [-0.3, -0.25) is 4.79 Å². The maximum atomic E-state index is 12.7. The predicted molar refractivity (Wildman–Crippen MR) is 95.3 cm³/mol. The number of likely N-dealkylation sites (N-methyl/N-ethyl adjacent to an activating group) is 1. The summed E-state index contributed by atoms with van der Waals surface area (Å²) in [7, 11) is 3.90. The van der Waals surface area contributed by atoms with Crippen LogP contribution in [0.15, 0.2) is 48.5 Å². The molecule has 0 saturated heterocycles. The summed E-state index contributed by atoms with van der Waals surface area (Å²) in [6.45, 7) is 0.492. The van der Waals surface area contributed by atoms with Crippen molar-refractivity contribution in [2.75, 3.05) is 20.6 Å². The highest BCUT2D eigenvalue weighted by atomic mass is 35.5. The van der Waals surface area contributed by atoms with Crippen LogP contribution in [0.4, 0.5) is 0 Å². The second-order valence-corrected chi connectivity index (χ2v) is 7.08. The lowest BCUT2D eigenvalue weighted by Crippen LogP contribution is -2.30. The van der Waals surface area contributed by atoms with Crippen LogP contribution in [0.25, 0.3) is 0 Å². The lowest BCUT2D eigenvalue weighted by atomic mass is 9.73. The van der Waals surface area contributed by atoms with Crippen molar-refractivity contribution >= 4 is 17.4 Å². The Kier molecular flexibility index (Phi) is 4.84. The fraction of sp³-hybridized carbons (Fsp3) is 0.350. The van der Waals surface area contributed by atoms with Gasteiger partial charge in [0.1, 0.15) is 0 Å². The molecule has 0 fully saturated rings. The number of rotatable bonds is 4. The highest BCUT2D eigenvalue weighted by molar-refractivity contribution is 6.30. The van der Waals surface area contributed by atoms with E-state index in [1.54, 1.807) is 0 Å². The summed E-state index contributed by atoms with van der Waals surface area (Å²) in [4.78, 5) is 14.7. The van der Waals surface area contributed by atoms with E-state index >= 15 is 0 Å². The summed E-state index contributed by atoms with van der Waals surface area (Å²) in [5.41, 5.74) is 3.78. The highest BCUT2D eigenvalue weighted by Gasteiger charge is 2.32. The summed E-state index contributed by atoms with van der Waals surface area (Å²) >= 11 is 6.01. The zero-order valence-electron chi connectivity index (χ0n) is 13.6. The van der Waals surface area contributed by atoms with Crippen molar-refractivity contribution in [2.24, 2.45) is 0 Å². The molecule has 1 aliphatic carbocycles. The molecule has 120 valence electrons. The Morgan fingerprint density at radius 3 is 2.52 bits per heavy atom. The lowest BCUT2D eigenvalue weighted by molar-refractivity contribution is -0.121. The fourth-order valence-corrected chi connectivity index (χ4v) is 3.66. The molecule has 2 nitrogen and oxygen atoms in total. The van der Waals surface area contributed by atoms with Crippen LogP contribution in [0.1, 0.15) is 34.9 Å². The predicted octanol–water partition coefficient (Wildman–Crippen LogP) is 4.28. The largest absolute Gasteiger partial charge is 0.302 e. The number of Topliss-reactive ketones (excluding diaryl/α,β-unsaturated/α-hetero) is 1. The van der Waals surface area contributed by atoms with Crippen LogP contribution in [-0.4, -0.2) is 31.3 Å². The maximum absolute atomic E-state index is 12.7. The van der Waals surface area contributed by atoms with Gasteiger partial charge < -0.3 is 4.90 Å². The Balaban J connectivity index is 1.92. The van der Waals surface area contributed by atoms with Gasteiger partial charge in [-0.05, 0) is 61.7 Å². The van der Waals surface area contributed by atoms with E-state index in [9.17, 15) is 4.79 Å². The zero-order chi connectivity index (χ0) is 16.4. The van der Waals surface area contributed by atoms with E-state index in [0.29, 0.717) is 18.2 Å². The van der Waals surface area contributed by atoms with Gasteiger partial charge in [0.2, 0.25) is 0 Å². The maximum Gasteiger partial charge on any atom is 0.154 e. The molecule has 2 atom stereocenters. The molecule has 0 heterocycles. The number of ketones is 1. The van der Waals surface area contributed by atoms with Gasteiger partial charge in [0, 0.05) is 10.9 Å². The molecule has 0 bridgehead atoms. The summed E-state index contributed by atoms with van der Waals surface area (Å²) in [6.07, 6.45) is 1.87. The third-order valence-corrected chi connectivity index (χ3v) is 4.87. The third-order valence-electron chi connectivity index (χ3n) is 4.62. The molecule has 3 heteroatoms. The number of fused-ring (bicyclic) bond motifs is 1. The standard InChI is InChI=1S/C20H22ClNO/c1-22(2)13-20(23)19-12-16(14-7-9-17(21)10-8-14)11-15-5-3-4-6-18(15)19/h3-10,16,19H,11-13H2,1-2H3/t16?,19-/m1/s1. The van der Waals surface area contributed by atoms with Crippen molar-refractivity contribution in [2.45, 2.75) is 24.7 Å². The van der Waals surface area contributed by atoms with Crippen LogP contribution in [0, 0.1) is 0 Å². The molecule has 3 rings (SSSR count). The minimum Gasteiger partial charge on any atom is -0.302 e. The van der Waals surface area contributed by atoms with Crippen LogP contribution < -0.4 is 0 Å². The van der Waals surface area contributed by atoms with E-state index in [4.69, 9.17) is 11.6 Å². The number of carbonyl (C=O) groups excluding carboxylic acids is 1. The molecule has 0 amide bonds. The number of benzene rings is 2. The zero-order valence-corrected chi connectivity index (χ0v) is 14.4. The van der Waals surface area contributed by atoms with Gasteiger partial charge in [-0.15, -0.1) is 0 Å². The average molecular weight is 328 g/mol. The molecule has 2 aromatic rings. The van der Waals surface area contributed by atoms with Crippen LogP contribution in [-0.2, 0) is 11.2 Å². The van der Waals surface area contributed by atoms with E-state index in [1.165, 1.54) is 16.7 Å². The molecule has 0 aliphatic heterocycles. The van der Waals surface area contributed by atoms with Crippen LogP contribution in [0.5, 0.6) is 0 Å². The highest BCUT2D eigenvalue weighted by Crippen LogP contribution is 2.40. The summed E-state index contributed by atoms with van der Waals surface area (Å²) in [6, 6.07) is 16.4.